The Labute approximate surface area is 141 Å². The fourth-order valence-corrected chi connectivity index (χ4v) is 2.45. The molecule has 0 N–H and O–H groups in total. The van der Waals surface area contributed by atoms with Crippen molar-refractivity contribution >= 4 is 18.1 Å². The minimum Gasteiger partial charge on any atom is -0.497 e. The molecule has 130 valence electrons. The Hall–Kier alpha value is -2.70. The largest absolute Gasteiger partial charge is 0.497 e. The van der Waals surface area contributed by atoms with Gasteiger partial charge in [-0.05, 0) is 37.6 Å². The second-order valence-electron chi connectivity index (χ2n) is 5.08. The van der Waals surface area contributed by atoms with Crippen molar-refractivity contribution in [3.05, 3.63) is 29.8 Å². The number of ether oxygens (including phenoxy) is 3. The van der Waals surface area contributed by atoms with E-state index in [9.17, 15) is 9.59 Å². The van der Waals surface area contributed by atoms with Gasteiger partial charge in [-0.25, -0.2) is 14.8 Å². The zero-order valence-corrected chi connectivity index (χ0v) is 14.2. The van der Waals surface area contributed by atoms with Crippen LogP contribution in [0.15, 0.2) is 24.3 Å². The van der Waals surface area contributed by atoms with E-state index in [1.165, 1.54) is 16.1 Å². The van der Waals surface area contributed by atoms with Gasteiger partial charge >= 0.3 is 6.09 Å². The normalized spacial score (nSPS) is 14.1. The first kappa shape index (κ1) is 17.7. The number of rotatable bonds is 5. The number of hydrazine groups is 1. The Morgan fingerprint density at radius 1 is 1.17 bits per heavy atom. The second-order valence-corrected chi connectivity index (χ2v) is 5.08. The monoisotopic (exact) mass is 334 g/mol. The summed E-state index contributed by atoms with van der Waals surface area (Å²) in [5, 5.41) is 2.72. The summed E-state index contributed by atoms with van der Waals surface area (Å²) in [5.41, 5.74) is 0.715. The molecule has 2 amide bonds. The molecule has 0 aliphatic carbocycles. The lowest BCUT2D eigenvalue weighted by atomic mass is 10.1. The highest BCUT2D eigenvalue weighted by atomic mass is 16.6. The van der Waals surface area contributed by atoms with Gasteiger partial charge in [-0.2, -0.15) is 0 Å². The summed E-state index contributed by atoms with van der Waals surface area (Å²) < 4.78 is 15.4. The van der Waals surface area contributed by atoms with Gasteiger partial charge in [0.15, 0.2) is 0 Å². The van der Waals surface area contributed by atoms with E-state index < -0.39 is 6.09 Å². The first-order chi connectivity index (χ1) is 11.6. The fraction of sp³-hybridized carbons (Fsp3) is 0.412. The highest BCUT2D eigenvalue weighted by Gasteiger charge is 2.30. The number of nitrogens with zero attached hydrogens (tertiary/aromatic N) is 2. The molecule has 2 rings (SSSR count). The van der Waals surface area contributed by atoms with Crippen LogP contribution in [0, 0.1) is 0 Å². The number of methoxy groups -OCH3 is 2. The predicted octanol–water partition coefficient (Wildman–Crippen LogP) is 2.32. The van der Waals surface area contributed by atoms with E-state index in [4.69, 9.17) is 14.2 Å². The maximum absolute atomic E-state index is 12.4. The summed E-state index contributed by atoms with van der Waals surface area (Å²) >= 11 is 0. The Morgan fingerprint density at radius 2 is 1.92 bits per heavy atom. The van der Waals surface area contributed by atoms with Gasteiger partial charge in [0.2, 0.25) is 0 Å². The fourth-order valence-electron chi connectivity index (χ4n) is 2.45. The van der Waals surface area contributed by atoms with Gasteiger partial charge < -0.3 is 14.2 Å². The summed E-state index contributed by atoms with van der Waals surface area (Å²) in [6, 6.07) is 5.32. The molecule has 0 bridgehead atoms. The van der Waals surface area contributed by atoms with E-state index in [-0.39, 0.29) is 12.5 Å². The van der Waals surface area contributed by atoms with Crippen molar-refractivity contribution in [3.8, 4) is 11.5 Å². The molecule has 0 saturated carbocycles. The number of hydrogen-bond acceptors (Lipinski definition) is 5. The van der Waals surface area contributed by atoms with Crippen molar-refractivity contribution in [1.82, 2.24) is 10.0 Å². The van der Waals surface area contributed by atoms with Crippen molar-refractivity contribution < 1.29 is 23.8 Å². The van der Waals surface area contributed by atoms with E-state index >= 15 is 0 Å². The van der Waals surface area contributed by atoms with Crippen LogP contribution in [0.25, 0.3) is 6.08 Å². The number of carbonyl (C=O) groups excluding carboxylic acids is 2. The number of carbonyl (C=O) groups is 2. The van der Waals surface area contributed by atoms with E-state index in [0.717, 1.165) is 6.42 Å². The maximum Gasteiger partial charge on any atom is 0.428 e. The van der Waals surface area contributed by atoms with E-state index in [2.05, 4.69) is 0 Å². The van der Waals surface area contributed by atoms with Crippen LogP contribution >= 0.6 is 0 Å². The lowest BCUT2D eigenvalue weighted by Crippen LogP contribution is -2.44. The first-order valence-electron chi connectivity index (χ1n) is 7.76. The molecule has 0 atom stereocenters. The third-order valence-electron chi connectivity index (χ3n) is 3.61. The highest BCUT2D eigenvalue weighted by molar-refractivity contribution is 5.93. The molecule has 7 nitrogen and oxygen atoms in total. The smallest absolute Gasteiger partial charge is 0.428 e. The van der Waals surface area contributed by atoms with Crippen molar-refractivity contribution in [2.75, 3.05) is 33.9 Å². The van der Waals surface area contributed by atoms with Crippen LogP contribution in [-0.4, -0.2) is 55.9 Å². The Bertz CT molecular complexity index is 629. The summed E-state index contributed by atoms with van der Waals surface area (Å²) in [5.74, 6) is 1.01. The number of amides is 2. The van der Waals surface area contributed by atoms with Crippen LogP contribution in [0.3, 0.4) is 0 Å². The maximum atomic E-state index is 12.4. The lowest BCUT2D eigenvalue weighted by molar-refractivity contribution is -0.136. The molecule has 0 unspecified atom stereocenters. The Balaban J connectivity index is 2.13. The molecule has 1 aliphatic rings. The first-order valence-corrected chi connectivity index (χ1v) is 7.76. The van der Waals surface area contributed by atoms with Crippen molar-refractivity contribution in [1.29, 1.82) is 0 Å². The molecule has 0 spiro atoms. The Kier molecular flexibility index (Phi) is 6.06. The molecule has 24 heavy (non-hydrogen) atoms. The van der Waals surface area contributed by atoms with Gasteiger partial charge in [0, 0.05) is 24.7 Å². The van der Waals surface area contributed by atoms with Gasteiger partial charge in [0.1, 0.15) is 11.5 Å². The second kappa shape index (κ2) is 8.24. The van der Waals surface area contributed by atoms with Crippen LogP contribution in [0.4, 0.5) is 4.79 Å². The average molecular weight is 334 g/mol. The third-order valence-corrected chi connectivity index (χ3v) is 3.61. The van der Waals surface area contributed by atoms with E-state index in [1.807, 2.05) is 0 Å². The molecular formula is C17H22N2O5. The van der Waals surface area contributed by atoms with E-state index in [1.54, 1.807) is 45.4 Å². The van der Waals surface area contributed by atoms with Crippen molar-refractivity contribution in [2.24, 2.45) is 0 Å². The molecule has 1 fully saturated rings. The molecule has 7 heteroatoms. The molecule has 0 radical (unpaired) electrons. The predicted molar refractivity (Wildman–Crippen MR) is 88.6 cm³/mol. The molecule has 0 aromatic heterocycles. The molecule has 1 aliphatic heterocycles. The zero-order valence-electron chi connectivity index (χ0n) is 14.2. The zero-order chi connectivity index (χ0) is 17.5. The summed E-state index contributed by atoms with van der Waals surface area (Å²) in [4.78, 5) is 24.3. The summed E-state index contributed by atoms with van der Waals surface area (Å²) in [6.45, 7) is 2.96. The van der Waals surface area contributed by atoms with Gasteiger partial charge in [-0.3, -0.25) is 4.79 Å². The van der Waals surface area contributed by atoms with Gasteiger partial charge in [0.25, 0.3) is 5.91 Å². The van der Waals surface area contributed by atoms with Gasteiger partial charge in [-0.1, -0.05) is 0 Å². The van der Waals surface area contributed by atoms with Crippen LogP contribution in [0.5, 0.6) is 11.5 Å². The van der Waals surface area contributed by atoms with Crippen molar-refractivity contribution in [3.63, 3.8) is 0 Å². The lowest BCUT2D eigenvalue weighted by Gasteiger charge is -2.25. The van der Waals surface area contributed by atoms with Crippen molar-refractivity contribution in [2.45, 2.75) is 13.3 Å². The molecule has 1 saturated heterocycles. The van der Waals surface area contributed by atoms with Gasteiger partial charge in [0.05, 0.1) is 20.8 Å². The van der Waals surface area contributed by atoms with Crippen LogP contribution in [-0.2, 0) is 9.53 Å². The topological polar surface area (TPSA) is 68.3 Å². The minimum atomic E-state index is -0.504. The summed E-state index contributed by atoms with van der Waals surface area (Å²) in [7, 11) is 3.13. The molecule has 1 aromatic carbocycles. The molecular weight excluding hydrogens is 312 g/mol. The van der Waals surface area contributed by atoms with E-state index in [0.29, 0.717) is 30.2 Å². The van der Waals surface area contributed by atoms with Gasteiger partial charge in [-0.15, -0.1) is 0 Å². The number of hydrogen-bond donors (Lipinski definition) is 0. The third kappa shape index (κ3) is 3.98. The molecule has 1 aromatic rings. The standard InChI is InChI=1S/C17H22N2O5/c1-4-24-17(21)19-11-5-10-18(19)16(20)9-6-13-12-14(22-2)7-8-15(13)23-3/h6-9,12H,4-5,10-11H2,1-3H3/b9-6+. The molecule has 1 heterocycles. The SMILES string of the molecule is CCOC(=O)N1CCCN1C(=O)/C=C/c1cc(OC)ccc1OC. The average Bonchev–Trinajstić information content (AvgIpc) is 3.09. The summed E-state index contributed by atoms with van der Waals surface area (Å²) in [6.07, 6.45) is 3.27. The number of benzene rings is 1. The Morgan fingerprint density at radius 3 is 2.58 bits per heavy atom. The van der Waals surface area contributed by atoms with Crippen LogP contribution in [0.1, 0.15) is 18.9 Å². The highest BCUT2D eigenvalue weighted by Crippen LogP contribution is 2.25. The van der Waals surface area contributed by atoms with Crippen LogP contribution in [0.2, 0.25) is 0 Å². The van der Waals surface area contributed by atoms with Crippen LogP contribution < -0.4 is 9.47 Å². The minimum absolute atomic E-state index is 0.272. The quantitative estimate of drug-likeness (QED) is 0.773.